The van der Waals surface area contributed by atoms with E-state index < -0.39 is 0 Å². The molecule has 1 N–H and O–H groups in total. The molecule has 2 heterocycles. The monoisotopic (exact) mass is 412 g/mol. The van der Waals surface area contributed by atoms with Gasteiger partial charge in [0.05, 0.1) is 12.7 Å². The first kappa shape index (κ1) is 16.4. The highest BCUT2D eigenvalue weighted by atomic mass is 79.9. The van der Waals surface area contributed by atoms with Crippen LogP contribution < -0.4 is 10.1 Å². The zero-order valence-corrected chi connectivity index (χ0v) is 15.2. The Morgan fingerprint density at radius 2 is 1.96 bits per heavy atom. The number of fused-ring (bicyclic) bond motifs is 1. The van der Waals surface area contributed by atoms with E-state index >= 15 is 0 Å². The minimum atomic E-state index is -0.348. The Hall–Kier alpha value is -3.06. The van der Waals surface area contributed by atoms with Gasteiger partial charge in [-0.05, 0) is 52.3 Å². The number of para-hydroxylation sites is 1. The van der Waals surface area contributed by atoms with Gasteiger partial charge in [-0.25, -0.2) is 4.98 Å². The van der Waals surface area contributed by atoms with Gasteiger partial charge in [0.1, 0.15) is 11.3 Å². The van der Waals surface area contributed by atoms with Crippen molar-refractivity contribution in [2.45, 2.75) is 0 Å². The van der Waals surface area contributed by atoms with Gasteiger partial charge in [0, 0.05) is 11.8 Å². The highest BCUT2D eigenvalue weighted by Gasteiger charge is 2.15. The number of ether oxygens (including phenoxy) is 1. The fourth-order valence-electron chi connectivity index (χ4n) is 2.57. The summed E-state index contributed by atoms with van der Waals surface area (Å²) in [4.78, 5) is 16.7. The lowest BCUT2D eigenvalue weighted by Crippen LogP contribution is -2.10. The Morgan fingerprint density at radius 3 is 2.73 bits per heavy atom. The van der Waals surface area contributed by atoms with E-state index in [0.717, 1.165) is 5.56 Å². The van der Waals surface area contributed by atoms with Crippen molar-refractivity contribution in [1.29, 1.82) is 0 Å². The van der Waals surface area contributed by atoms with Gasteiger partial charge in [-0.1, -0.05) is 12.1 Å². The summed E-state index contributed by atoms with van der Waals surface area (Å²) in [5.74, 6) is 0.996. The lowest BCUT2D eigenvalue weighted by molar-refractivity contribution is 0.0995. The number of halogens is 1. The average Bonchev–Trinajstić information content (AvgIpc) is 3.27. The summed E-state index contributed by atoms with van der Waals surface area (Å²) in [6, 6.07) is 16.0. The Bertz CT molecular complexity index is 1100. The molecule has 0 bridgehead atoms. The summed E-state index contributed by atoms with van der Waals surface area (Å²) in [5, 5.41) is 2.77. The molecule has 0 saturated carbocycles. The smallest absolute Gasteiger partial charge is 0.291 e. The second-order valence-electron chi connectivity index (χ2n) is 5.46. The van der Waals surface area contributed by atoms with Crippen molar-refractivity contribution < 1.29 is 18.4 Å². The van der Waals surface area contributed by atoms with Crippen LogP contribution in [0.1, 0.15) is 10.6 Å². The van der Waals surface area contributed by atoms with Gasteiger partial charge in [-0.15, -0.1) is 0 Å². The first-order valence-corrected chi connectivity index (χ1v) is 8.54. The van der Waals surface area contributed by atoms with Crippen LogP contribution in [0.2, 0.25) is 0 Å². The number of amides is 1. The number of benzene rings is 2. The number of nitrogens with zero attached hydrogens (tertiary/aromatic N) is 1. The number of anilines is 1. The van der Waals surface area contributed by atoms with Crippen molar-refractivity contribution in [2.24, 2.45) is 0 Å². The largest absolute Gasteiger partial charge is 0.496 e. The van der Waals surface area contributed by atoms with Crippen LogP contribution in [0.15, 0.2) is 68.1 Å². The van der Waals surface area contributed by atoms with E-state index in [2.05, 4.69) is 26.2 Å². The standard InChI is InChI=1S/C19H13BrN2O4/c1-24-14-5-3-2-4-12(14)19-22-13-7-6-11(10-16(13)26-19)21-18(23)15-8-9-17(20)25-15/h2-10H,1H3,(H,21,23). The number of carbonyl (C=O) groups is 1. The van der Waals surface area contributed by atoms with Crippen LogP contribution in [0.5, 0.6) is 5.75 Å². The minimum Gasteiger partial charge on any atom is -0.496 e. The molecule has 4 rings (SSSR count). The highest BCUT2D eigenvalue weighted by Crippen LogP contribution is 2.32. The van der Waals surface area contributed by atoms with Crippen molar-refractivity contribution in [1.82, 2.24) is 4.98 Å². The van der Waals surface area contributed by atoms with Gasteiger partial charge in [0.25, 0.3) is 5.91 Å². The third kappa shape index (κ3) is 3.09. The van der Waals surface area contributed by atoms with E-state index in [0.29, 0.717) is 33.1 Å². The molecule has 7 heteroatoms. The number of rotatable bonds is 4. The molecule has 0 aliphatic carbocycles. The van der Waals surface area contributed by atoms with Crippen LogP contribution in [0, 0.1) is 0 Å². The molecule has 0 spiro atoms. The van der Waals surface area contributed by atoms with Gasteiger partial charge >= 0.3 is 0 Å². The molecule has 0 aliphatic rings. The number of oxazole rings is 1. The topological polar surface area (TPSA) is 77.5 Å². The molecular formula is C19H13BrN2O4. The Balaban J connectivity index is 1.65. The maximum Gasteiger partial charge on any atom is 0.291 e. The number of hydrogen-bond donors (Lipinski definition) is 1. The second kappa shape index (κ2) is 6.68. The SMILES string of the molecule is COc1ccccc1-c1nc2ccc(NC(=O)c3ccc(Br)o3)cc2o1. The summed E-state index contributed by atoms with van der Waals surface area (Å²) in [5.41, 5.74) is 2.59. The fourth-order valence-corrected chi connectivity index (χ4v) is 2.87. The number of nitrogens with one attached hydrogen (secondary N) is 1. The molecule has 1 amide bonds. The molecule has 2 aromatic heterocycles. The maximum atomic E-state index is 12.2. The predicted octanol–water partition coefficient (Wildman–Crippen LogP) is 5.11. The van der Waals surface area contributed by atoms with E-state index in [1.165, 1.54) is 0 Å². The molecule has 0 atom stereocenters. The molecule has 0 aliphatic heterocycles. The number of aromatic nitrogens is 1. The van der Waals surface area contributed by atoms with Crippen molar-refractivity contribution >= 4 is 38.6 Å². The van der Waals surface area contributed by atoms with Gasteiger partial charge in [-0.3, -0.25) is 4.79 Å². The van der Waals surface area contributed by atoms with Crippen LogP contribution in [0.3, 0.4) is 0 Å². The third-order valence-corrected chi connectivity index (χ3v) is 4.21. The number of hydrogen-bond acceptors (Lipinski definition) is 5. The van der Waals surface area contributed by atoms with E-state index in [1.807, 2.05) is 24.3 Å². The van der Waals surface area contributed by atoms with Crippen molar-refractivity contribution in [3.63, 3.8) is 0 Å². The second-order valence-corrected chi connectivity index (χ2v) is 6.24. The molecule has 0 radical (unpaired) electrons. The molecule has 130 valence electrons. The van der Waals surface area contributed by atoms with Crippen LogP contribution in [-0.2, 0) is 0 Å². The van der Waals surface area contributed by atoms with E-state index in [1.54, 1.807) is 37.4 Å². The molecule has 26 heavy (non-hydrogen) atoms. The van der Waals surface area contributed by atoms with Gasteiger partial charge in [0.2, 0.25) is 5.89 Å². The van der Waals surface area contributed by atoms with Crippen LogP contribution in [0.25, 0.3) is 22.6 Å². The maximum absolute atomic E-state index is 12.2. The Kier molecular flexibility index (Phi) is 4.22. The van der Waals surface area contributed by atoms with Crippen LogP contribution >= 0.6 is 15.9 Å². The van der Waals surface area contributed by atoms with Crippen molar-refractivity contribution in [2.75, 3.05) is 12.4 Å². The minimum absolute atomic E-state index is 0.212. The van der Waals surface area contributed by atoms with Gasteiger partial charge < -0.3 is 18.9 Å². The van der Waals surface area contributed by atoms with Crippen LogP contribution in [0.4, 0.5) is 5.69 Å². The van der Waals surface area contributed by atoms with Crippen LogP contribution in [-0.4, -0.2) is 18.0 Å². The molecule has 0 fully saturated rings. The molecule has 0 unspecified atom stereocenters. The van der Waals surface area contributed by atoms with Gasteiger partial charge in [-0.2, -0.15) is 0 Å². The first-order valence-electron chi connectivity index (χ1n) is 7.75. The summed E-state index contributed by atoms with van der Waals surface area (Å²) < 4.78 is 16.9. The average molecular weight is 413 g/mol. The van der Waals surface area contributed by atoms with E-state index in [9.17, 15) is 4.79 Å². The molecule has 4 aromatic rings. The number of carbonyl (C=O) groups excluding carboxylic acids is 1. The molecule has 0 saturated heterocycles. The predicted molar refractivity (Wildman–Crippen MR) is 100 cm³/mol. The van der Waals surface area contributed by atoms with Gasteiger partial charge in [0.15, 0.2) is 16.0 Å². The fraction of sp³-hybridized carbons (Fsp3) is 0.0526. The zero-order chi connectivity index (χ0) is 18.1. The lowest BCUT2D eigenvalue weighted by Gasteiger charge is -2.03. The highest BCUT2D eigenvalue weighted by molar-refractivity contribution is 9.10. The Labute approximate surface area is 156 Å². The van der Waals surface area contributed by atoms with Crippen molar-refractivity contribution in [3.05, 3.63) is 65.0 Å². The van der Waals surface area contributed by atoms with E-state index in [4.69, 9.17) is 13.6 Å². The zero-order valence-electron chi connectivity index (χ0n) is 13.7. The summed E-state index contributed by atoms with van der Waals surface area (Å²) in [6.07, 6.45) is 0. The number of furan rings is 1. The van der Waals surface area contributed by atoms with E-state index in [-0.39, 0.29) is 11.7 Å². The molecule has 6 nitrogen and oxygen atoms in total. The molecule has 2 aromatic carbocycles. The summed E-state index contributed by atoms with van der Waals surface area (Å²) in [7, 11) is 1.60. The number of methoxy groups -OCH3 is 1. The summed E-state index contributed by atoms with van der Waals surface area (Å²) >= 11 is 3.17. The normalized spacial score (nSPS) is 10.8. The Morgan fingerprint density at radius 1 is 1.12 bits per heavy atom. The van der Waals surface area contributed by atoms with Crippen molar-refractivity contribution in [3.8, 4) is 17.2 Å². The third-order valence-electron chi connectivity index (χ3n) is 3.78. The molecular weight excluding hydrogens is 400 g/mol. The lowest BCUT2D eigenvalue weighted by atomic mass is 10.2. The summed E-state index contributed by atoms with van der Waals surface area (Å²) in [6.45, 7) is 0. The first-order chi connectivity index (χ1) is 12.6. The quantitative estimate of drug-likeness (QED) is 0.503.